The first-order valence-corrected chi connectivity index (χ1v) is 6.47. The molecule has 1 aliphatic carbocycles. The Morgan fingerprint density at radius 2 is 1.88 bits per heavy atom. The summed E-state index contributed by atoms with van der Waals surface area (Å²) in [6.45, 7) is 5.18. The Labute approximate surface area is 97.7 Å². The highest BCUT2D eigenvalue weighted by Crippen LogP contribution is 2.24. The second-order valence-electron chi connectivity index (χ2n) is 4.36. The van der Waals surface area contributed by atoms with Gasteiger partial charge in [-0.15, -0.1) is 0 Å². The zero-order chi connectivity index (χ0) is 11.4. The van der Waals surface area contributed by atoms with Gasteiger partial charge in [-0.25, -0.2) is 9.97 Å². The Morgan fingerprint density at radius 1 is 1.06 bits per heavy atom. The Morgan fingerprint density at radius 3 is 2.62 bits per heavy atom. The number of hydrogen-bond acceptors (Lipinski definition) is 3. The van der Waals surface area contributed by atoms with Crippen LogP contribution in [-0.2, 0) is 19.3 Å². The molecule has 0 saturated heterocycles. The molecule has 0 saturated carbocycles. The SMILES string of the molecule is CCNc1nc(CC)nc2c1CCCCC2. The highest BCUT2D eigenvalue weighted by molar-refractivity contribution is 5.47. The molecule has 16 heavy (non-hydrogen) atoms. The third kappa shape index (κ3) is 2.34. The number of aryl methyl sites for hydroxylation is 2. The second kappa shape index (κ2) is 5.28. The second-order valence-corrected chi connectivity index (χ2v) is 4.36. The Bertz CT molecular complexity index is 360. The van der Waals surface area contributed by atoms with E-state index in [0.29, 0.717) is 0 Å². The smallest absolute Gasteiger partial charge is 0.133 e. The van der Waals surface area contributed by atoms with E-state index >= 15 is 0 Å². The maximum atomic E-state index is 4.68. The fourth-order valence-corrected chi connectivity index (χ4v) is 2.29. The van der Waals surface area contributed by atoms with E-state index in [1.807, 2.05) is 0 Å². The lowest BCUT2D eigenvalue weighted by atomic mass is 10.1. The molecule has 1 N–H and O–H groups in total. The van der Waals surface area contributed by atoms with Crippen LogP contribution in [-0.4, -0.2) is 16.5 Å². The van der Waals surface area contributed by atoms with Crippen LogP contribution in [0.3, 0.4) is 0 Å². The van der Waals surface area contributed by atoms with Crippen molar-refractivity contribution in [3.8, 4) is 0 Å². The summed E-state index contributed by atoms with van der Waals surface area (Å²) in [5.41, 5.74) is 2.66. The van der Waals surface area contributed by atoms with Crippen molar-refractivity contribution in [1.82, 2.24) is 9.97 Å². The molecule has 2 rings (SSSR count). The van der Waals surface area contributed by atoms with Crippen LogP contribution in [0.25, 0.3) is 0 Å². The zero-order valence-corrected chi connectivity index (χ0v) is 10.3. The van der Waals surface area contributed by atoms with E-state index in [1.165, 1.54) is 30.5 Å². The van der Waals surface area contributed by atoms with Crippen molar-refractivity contribution in [3.05, 3.63) is 17.1 Å². The monoisotopic (exact) mass is 219 g/mol. The van der Waals surface area contributed by atoms with Crippen LogP contribution in [0, 0.1) is 0 Å². The van der Waals surface area contributed by atoms with Gasteiger partial charge in [0, 0.05) is 24.2 Å². The lowest BCUT2D eigenvalue weighted by molar-refractivity contribution is 0.708. The van der Waals surface area contributed by atoms with E-state index in [4.69, 9.17) is 0 Å². The maximum Gasteiger partial charge on any atom is 0.133 e. The fraction of sp³-hybridized carbons (Fsp3) is 0.692. The van der Waals surface area contributed by atoms with Crippen molar-refractivity contribution in [3.63, 3.8) is 0 Å². The molecule has 0 atom stereocenters. The largest absolute Gasteiger partial charge is 0.370 e. The van der Waals surface area contributed by atoms with Gasteiger partial charge in [-0.3, -0.25) is 0 Å². The molecule has 3 heteroatoms. The summed E-state index contributed by atoms with van der Waals surface area (Å²) < 4.78 is 0. The molecule has 88 valence electrons. The Kier molecular flexibility index (Phi) is 3.75. The average Bonchev–Trinajstić information content (AvgIpc) is 2.54. The van der Waals surface area contributed by atoms with Gasteiger partial charge in [-0.05, 0) is 32.6 Å². The van der Waals surface area contributed by atoms with Crippen molar-refractivity contribution in [2.24, 2.45) is 0 Å². The number of aromatic nitrogens is 2. The molecule has 1 aromatic heterocycles. The van der Waals surface area contributed by atoms with Gasteiger partial charge in [0.05, 0.1) is 0 Å². The lowest BCUT2D eigenvalue weighted by Gasteiger charge is -2.13. The van der Waals surface area contributed by atoms with Crippen LogP contribution in [0.4, 0.5) is 5.82 Å². The molecule has 1 heterocycles. The van der Waals surface area contributed by atoms with Gasteiger partial charge in [-0.1, -0.05) is 13.3 Å². The van der Waals surface area contributed by atoms with Gasteiger partial charge in [0.2, 0.25) is 0 Å². The minimum atomic E-state index is 0.922. The molecule has 0 aromatic carbocycles. The van der Waals surface area contributed by atoms with Crippen LogP contribution in [0.15, 0.2) is 0 Å². The van der Waals surface area contributed by atoms with E-state index in [2.05, 4.69) is 29.1 Å². The van der Waals surface area contributed by atoms with Crippen molar-refractivity contribution in [2.45, 2.75) is 52.4 Å². The molecule has 0 unspecified atom stereocenters. The number of fused-ring (bicyclic) bond motifs is 1. The first kappa shape index (κ1) is 11.4. The van der Waals surface area contributed by atoms with Crippen molar-refractivity contribution in [2.75, 3.05) is 11.9 Å². The summed E-state index contributed by atoms with van der Waals surface area (Å²) in [6, 6.07) is 0. The van der Waals surface area contributed by atoms with E-state index in [1.54, 1.807) is 0 Å². The summed E-state index contributed by atoms with van der Waals surface area (Å²) >= 11 is 0. The quantitative estimate of drug-likeness (QED) is 0.794. The van der Waals surface area contributed by atoms with E-state index in [-0.39, 0.29) is 0 Å². The normalized spacial score (nSPS) is 15.4. The predicted octanol–water partition coefficient (Wildman–Crippen LogP) is 2.74. The number of rotatable bonds is 3. The van der Waals surface area contributed by atoms with Crippen molar-refractivity contribution in [1.29, 1.82) is 0 Å². The molecule has 3 nitrogen and oxygen atoms in total. The Hall–Kier alpha value is -1.12. The minimum absolute atomic E-state index is 0.922. The molecule has 0 bridgehead atoms. The van der Waals surface area contributed by atoms with Gasteiger partial charge in [-0.2, -0.15) is 0 Å². The number of nitrogens with zero attached hydrogens (tertiary/aromatic N) is 2. The van der Waals surface area contributed by atoms with Crippen molar-refractivity contribution < 1.29 is 0 Å². The van der Waals surface area contributed by atoms with E-state index in [0.717, 1.165) is 37.4 Å². The predicted molar refractivity (Wildman–Crippen MR) is 66.8 cm³/mol. The molecular formula is C13H21N3. The van der Waals surface area contributed by atoms with Gasteiger partial charge >= 0.3 is 0 Å². The summed E-state index contributed by atoms with van der Waals surface area (Å²) in [7, 11) is 0. The van der Waals surface area contributed by atoms with Gasteiger partial charge in [0.15, 0.2) is 0 Å². The number of nitrogens with one attached hydrogen (secondary N) is 1. The summed E-state index contributed by atoms with van der Waals surface area (Å²) in [5, 5.41) is 3.39. The zero-order valence-electron chi connectivity index (χ0n) is 10.3. The van der Waals surface area contributed by atoms with Crippen LogP contribution in [0.2, 0.25) is 0 Å². The highest BCUT2D eigenvalue weighted by atomic mass is 15.0. The van der Waals surface area contributed by atoms with E-state index < -0.39 is 0 Å². The Balaban J connectivity index is 2.40. The molecule has 0 radical (unpaired) electrons. The molecule has 1 aliphatic rings. The van der Waals surface area contributed by atoms with Gasteiger partial charge in [0.25, 0.3) is 0 Å². The highest BCUT2D eigenvalue weighted by Gasteiger charge is 2.15. The summed E-state index contributed by atoms with van der Waals surface area (Å²) in [6.07, 6.45) is 7.07. The molecule has 0 spiro atoms. The van der Waals surface area contributed by atoms with Gasteiger partial charge in [0.1, 0.15) is 11.6 Å². The topological polar surface area (TPSA) is 37.8 Å². The first-order chi connectivity index (χ1) is 7.85. The standard InChI is InChI=1S/C13H21N3/c1-3-12-15-11-9-7-5-6-8-10(11)13(16-12)14-4-2/h3-9H2,1-2H3,(H,14,15,16). The third-order valence-corrected chi connectivity index (χ3v) is 3.14. The van der Waals surface area contributed by atoms with Crippen LogP contribution >= 0.6 is 0 Å². The maximum absolute atomic E-state index is 4.68. The first-order valence-electron chi connectivity index (χ1n) is 6.47. The number of anilines is 1. The lowest BCUT2D eigenvalue weighted by Crippen LogP contribution is -2.10. The molecule has 1 aromatic rings. The average molecular weight is 219 g/mol. The molecule has 0 aliphatic heterocycles. The fourth-order valence-electron chi connectivity index (χ4n) is 2.29. The van der Waals surface area contributed by atoms with Crippen LogP contribution < -0.4 is 5.32 Å². The van der Waals surface area contributed by atoms with E-state index in [9.17, 15) is 0 Å². The van der Waals surface area contributed by atoms with Crippen molar-refractivity contribution >= 4 is 5.82 Å². The van der Waals surface area contributed by atoms with Gasteiger partial charge < -0.3 is 5.32 Å². The van der Waals surface area contributed by atoms with Crippen LogP contribution in [0.5, 0.6) is 0 Å². The third-order valence-electron chi connectivity index (χ3n) is 3.14. The molecule has 0 fully saturated rings. The minimum Gasteiger partial charge on any atom is -0.370 e. The molecule has 0 amide bonds. The molecular weight excluding hydrogens is 198 g/mol. The number of hydrogen-bond donors (Lipinski definition) is 1. The summed E-state index contributed by atoms with van der Waals surface area (Å²) in [4.78, 5) is 9.30. The summed E-state index contributed by atoms with van der Waals surface area (Å²) in [5.74, 6) is 2.07. The van der Waals surface area contributed by atoms with Crippen LogP contribution in [0.1, 0.15) is 50.2 Å².